The Kier molecular flexibility index (Phi) is 7.00. The summed E-state index contributed by atoms with van der Waals surface area (Å²) in [4.78, 5) is 14.4. The summed E-state index contributed by atoms with van der Waals surface area (Å²) >= 11 is 6.04. The van der Waals surface area contributed by atoms with Crippen LogP contribution in [0.3, 0.4) is 0 Å². The van der Waals surface area contributed by atoms with Crippen LogP contribution < -0.4 is 5.32 Å². The predicted octanol–water partition coefficient (Wildman–Crippen LogP) is 3.05. The molecule has 1 atom stereocenters. The molecule has 6 nitrogen and oxygen atoms in total. The van der Waals surface area contributed by atoms with Gasteiger partial charge in [-0.3, -0.25) is 9.69 Å². The van der Waals surface area contributed by atoms with Crippen LogP contribution in [-0.4, -0.2) is 50.7 Å². The summed E-state index contributed by atoms with van der Waals surface area (Å²) in [5, 5.41) is 2.87. The van der Waals surface area contributed by atoms with E-state index in [1.165, 1.54) is 26.2 Å². The van der Waals surface area contributed by atoms with E-state index in [1.54, 1.807) is 13.0 Å². The molecular weight excluding hydrogens is 386 g/mol. The van der Waals surface area contributed by atoms with Crippen LogP contribution in [0.1, 0.15) is 12.5 Å². The summed E-state index contributed by atoms with van der Waals surface area (Å²) in [6.45, 7) is 2.42. The SMILES string of the molecule is C[C@H](C(=O)Nc1ccc(Cl)c(S(=O)(=O)N(C)C)c1)N(C)Cc1ccccc1. The molecule has 0 saturated carbocycles. The number of hydrogen-bond donors (Lipinski definition) is 1. The molecule has 27 heavy (non-hydrogen) atoms. The summed E-state index contributed by atoms with van der Waals surface area (Å²) in [6.07, 6.45) is 0. The van der Waals surface area contributed by atoms with E-state index < -0.39 is 16.1 Å². The van der Waals surface area contributed by atoms with E-state index in [1.807, 2.05) is 42.3 Å². The molecule has 0 spiro atoms. The van der Waals surface area contributed by atoms with Crippen molar-refractivity contribution in [2.75, 3.05) is 26.5 Å². The molecule has 2 aromatic carbocycles. The second-order valence-electron chi connectivity index (χ2n) is 6.50. The Labute approximate surface area is 165 Å². The first kappa shape index (κ1) is 21.4. The molecule has 0 unspecified atom stereocenters. The van der Waals surface area contributed by atoms with Gasteiger partial charge in [-0.15, -0.1) is 0 Å². The number of nitrogens with zero attached hydrogens (tertiary/aromatic N) is 2. The Morgan fingerprint density at radius 2 is 1.74 bits per heavy atom. The number of benzene rings is 2. The van der Waals surface area contributed by atoms with Crippen LogP contribution in [0, 0.1) is 0 Å². The Morgan fingerprint density at radius 3 is 2.33 bits per heavy atom. The average molecular weight is 410 g/mol. The summed E-state index contributed by atoms with van der Waals surface area (Å²) in [7, 11) is 1.01. The number of carbonyl (C=O) groups excluding carboxylic acids is 1. The smallest absolute Gasteiger partial charge is 0.244 e. The lowest BCUT2D eigenvalue weighted by Crippen LogP contribution is -2.39. The zero-order valence-corrected chi connectivity index (χ0v) is 17.4. The van der Waals surface area contributed by atoms with Crippen molar-refractivity contribution in [2.45, 2.75) is 24.4 Å². The van der Waals surface area contributed by atoms with Crippen molar-refractivity contribution in [1.29, 1.82) is 0 Å². The van der Waals surface area contributed by atoms with E-state index in [-0.39, 0.29) is 15.8 Å². The minimum Gasteiger partial charge on any atom is -0.325 e. The van der Waals surface area contributed by atoms with Gasteiger partial charge in [0.2, 0.25) is 15.9 Å². The number of halogens is 1. The molecule has 0 radical (unpaired) electrons. The van der Waals surface area contributed by atoms with Crippen molar-refractivity contribution in [1.82, 2.24) is 9.21 Å². The Bertz CT molecular complexity index is 902. The number of anilines is 1. The van der Waals surface area contributed by atoms with Crippen LogP contribution in [0.15, 0.2) is 53.4 Å². The minimum absolute atomic E-state index is 0.0442. The van der Waals surface area contributed by atoms with Crippen LogP contribution in [0.4, 0.5) is 5.69 Å². The van der Waals surface area contributed by atoms with Gasteiger partial charge in [0.1, 0.15) is 4.90 Å². The Morgan fingerprint density at radius 1 is 1.11 bits per heavy atom. The zero-order valence-electron chi connectivity index (χ0n) is 15.8. The highest BCUT2D eigenvalue weighted by molar-refractivity contribution is 7.89. The molecule has 1 amide bonds. The van der Waals surface area contributed by atoms with Crippen molar-refractivity contribution < 1.29 is 13.2 Å². The normalized spacial score (nSPS) is 13.0. The molecule has 0 aromatic heterocycles. The minimum atomic E-state index is -3.70. The van der Waals surface area contributed by atoms with Gasteiger partial charge in [-0.25, -0.2) is 12.7 Å². The third kappa shape index (κ3) is 5.29. The van der Waals surface area contributed by atoms with Gasteiger partial charge in [0.05, 0.1) is 11.1 Å². The lowest BCUT2D eigenvalue weighted by Gasteiger charge is -2.24. The van der Waals surface area contributed by atoms with Crippen molar-refractivity contribution >= 4 is 33.2 Å². The molecular formula is C19H24ClN3O3S. The second-order valence-corrected chi connectivity index (χ2v) is 9.03. The van der Waals surface area contributed by atoms with Gasteiger partial charge < -0.3 is 5.32 Å². The van der Waals surface area contributed by atoms with Gasteiger partial charge in [0, 0.05) is 26.3 Å². The fraction of sp³-hybridized carbons (Fsp3) is 0.316. The molecule has 0 saturated heterocycles. The lowest BCUT2D eigenvalue weighted by molar-refractivity contribution is -0.120. The monoisotopic (exact) mass is 409 g/mol. The van der Waals surface area contributed by atoms with Crippen LogP contribution in [0.5, 0.6) is 0 Å². The fourth-order valence-corrected chi connectivity index (χ4v) is 3.82. The third-order valence-electron chi connectivity index (χ3n) is 4.27. The molecule has 0 aliphatic rings. The first-order chi connectivity index (χ1) is 12.6. The molecule has 0 aliphatic carbocycles. The van der Waals surface area contributed by atoms with Gasteiger partial charge in [-0.1, -0.05) is 41.9 Å². The van der Waals surface area contributed by atoms with Crippen LogP contribution in [0.25, 0.3) is 0 Å². The molecule has 0 aliphatic heterocycles. The molecule has 2 aromatic rings. The van der Waals surface area contributed by atoms with Crippen molar-refractivity contribution in [3.8, 4) is 0 Å². The summed E-state index contributed by atoms with van der Waals surface area (Å²) in [5.41, 5.74) is 1.48. The van der Waals surface area contributed by atoms with Crippen molar-refractivity contribution in [3.63, 3.8) is 0 Å². The molecule has 146 valence electrons. The van der Waals surface area contributed by atoms with Gasteiger partial charge in [-0.2, -0.15) is 0 Å². The van der Waals surface area contributed by atoms with Gasteiger partial charge in [0.15, 0.2) is 0 Å². The molecule has 0 fully saturated rings. The Balaban J connectivity index is 2.13. The fourth-order valence-electron chi connectivity index (χ4n) is 2.43. The van der Waals surface area contributed by atoms with Crippen LogP contribution in [0.2, 0.25) is 5.02 Å². The van der Waals surface area contributed by atoms with E-state index in [2.05, 4.69) is 5.32 Å². The van der Waals surface area contributed by atoms with E-state index in [4.69, 9.17) is 11.6 Å². The first-order valence-corrected chi connectivity index (χ1v) is 10.2. The van der Waals surface area contributed by atoms with E-state index in [0.29, 0.717) is 12.2 Å². The number of likely N-dealkylation sites (N-methyl/N-ethyl adjacent to an activating group) is 1. The first-order valence-electron chi connectivity index (χ1n) is 8.40. The van der Waals surface area contributed by atoms with E-state index >= 15 is 0 Å². The number of carbonyl (C=O) groups is 1. The van der Waals surface area contributed by atoms with Crippen LogP contribution in [-0.2, 0) is 21.4 Å². The number of nitrogens with one attached hydrogen (secondary N) is 1. The standard InChI is InChI=1S/C19H24ClN3O3S/c1-14(23(4)13-15-8-6-5-7-9-15)19(24)21-16-10-11-17(20)18(12-16)27(25,26)22(2)3/h5-12,14H,13H2,1-4H3,(H,21,24)/t14-/m1/s1. The molecule has 0 heterocycles. The summed E-state index contributed by atoms with van der Waals surface area (Å²) < 4.78 is 25.8. The number of rotatable bonds is 7. The van der Waals surface area contributed by atoms with E-state index in [9.17, 15) is 13.2 Å². The van der Waals surface area contributed by atoms with Gasteiger partial charge >= 0.3 is 0 Å². The highest BCUT2D eigenvalue weighted by Crippen LogP contribution is 2.27. The zero-order chi connectivity index (χ0) is 20.2. The Hall–Kier alpha value is -1.93. The number of hydrogen-bond acceptors (Lipinski definition) is 4. The maximum Gasteiger partial charge on any atom is 0.244 e. The summed E-state index contributed by atoms with van der Waals surface area (Å²) in [6, 6.07) is 13.9. The van der Waals surface area contributed by atoms with Gasteiger partial charge in [-0.05, 0) is 37.7 Å². The highest BCUT2D eigenvalue weighted by atomic mass is 35.5. The van der Waals surface area contributed by atoms with Crippen LogP contribution >= 0.6 is 11.6 Å². The quantitative estimate of drug-likeness (QED) is 0.763. The molecule has 2 rings (SSSR count). The van der Waals surface area contributed by atoms with Gasteiger partial charge in [0.25, 0.3) is 0 Å². The van der Waals surface area contributed by atoms with Crippen molar-refractivity contribution in [2.24, 2.45) is 0 Å². The summed E-state index contributed by atoms with van der Waals surface area (Å²) in [5.74, 6) is -0.232. The maximum atomic E-state index is 12.6. The number of amides is 1. The highest BCUT2D eigenvalue weighted by Gasteiger charge is 2.23. The molecule has 1 N–H and O–H groups in total. The van der Waals surface area contributed by atoms with Crippen molar-refractivity contribution in [3.05, 3.63) is 59.1 Å². The third-order valence-corrected chi connectivity index (χ3v) is 6.57. The average Bonchev–Trinajstić information content (AvgIpc) is 2.63. The van der Waals surface area contributed by atoms with E-state index in [0.717, 1.165) is 9.87 Å². The second kappa shape index (κ2) is 8.84. The number of sulfonamides is 1. The molecule has 8 heteroatoms. The largest absolute Gasteiger partial charge is 0.325 e. The maximum absolute atomic E-state index is 12.6. The topological polar surface area (TPSA) is 69.7 Å². The molecule has 0 bridgehead atoms. The lowest BCUT2D eigenvalue weighted by atomic mass is 10.2. The predicted molar refractivity (Wildman–Crippen MR) is 108 cm³/mol.